The minimum atomic E-state index is -3.10. The van der Waals surface area contributed by atoms with Crippen LogP contribution in [0.2, 0.25) is 0 Å². The molecule has 1 aliphatic carbocycles. The molecule has 3 heterocycles. The first-order valence-corrected chi connectivity index (χ1v) is 13.5. The van der Waals surface area contributed by atoms with Gasteiger partial charge in [0.1, 0.15) is 0 Å². The van der Waals surface area contributed by atoms with E-state index < -0.39 is 34.3 Å². The van der Waals surface area contributed by atoms with Gasteiger partial charge in [-0.3, -0.25) is 0 Å². The molecule has 1 aliphatic heterocycles. The molecule has 0 amide bonds. The van der Waals surface area contributed by atoms with Gasteiger partial charge in [0.2, 0.25) is 28.5 Å². The predicted octanol–water partition coefficient (Wildman–Crippen LogP) is 3.59. The number of anilines is 1. The van der Waals surface area contributed by atoms with Gasteiger partial charge in [0.05, 0.1) is 22.8 Å². The van der Waals surface area contributed by atoms with Crippen LogP contribution in [0.4, 0.5) is 14.7 Å². The Labute approximate surface area is 224 Å². The van der Waals surface area contributed by atoms with Crippen LogP contribution in [0, 0.1) is 17.6 Å². The van der Waals surface area contributed by atoms with Crippen molar-refractivity contribution in [2.24, 2.45) is 5.92 Å². The molecule has 0 bridgehead atoms. The van der Waals surface area contributed by atoms with Crippen LogP contribution in [0.3, 0.4) is 0 Å². The number of hydrogen-bond donors (Lipinski definition) is 4. The van der Waals surface area contributed by atoms with Crippen LogP contribution in [0.1, 0.15) is 23.6 Å². The smallest absolute Gasteiger partial charge is 0.228 e. The van der Waals surface area contributed by atoms with E-state index in [-0.39, 0.29) is 17.0 Å². The van der Waals surface area contributed by atoms with Crippen molar-refractivity contribution in [3.63, 3.8) is 0 Å². The minimum absolute atomic E-state index is 0.0265. The lowest BCUT2D eigenvalue weighted by atomic mass is 9.99. The molecule has 4 aromatic rings. The quantitative estimate of drug-likeness (QED) is 0.234. The second-order valence-corrected chi connectivity index (χ2v) is 10.3. The Morgan fingerprint density at radius 1 is 1.00 bits per heavy atom. The highest BCUT2D eigenvalue weighted by molar-refractivity contribution is 7.70. The second-order valence-electron chi connectivity index (χ2n) is 9.55. The number of benzene rings is 2. The van der Waals surface area contributed by atoms with Crippen LogP contribution in [0.25, 0.3) is 11.3 Å². The zero-order chi connectivity index (χ0) is 27.0. The molecule has 1 saturated carbocycles. The third kappa shape index (κ3) is 5.05. The minimum Gasteiger partial charge on any atom is -0.435 e. The summed E-state index contributed by atoms with van der Waals surface area (Å²) in [6, 6.07) is 14.8. The third-order valence-electron chi connectivity index (χ3n) is 7.09. The number of nitrogens with one attached hydrogen (secondary N) is 3. The molecular weight excluding hydrogens is 526 g/mol. The Bertz CT molecular complexity index is 1600. The first-order chi connectivity index (χ1) is 18.9. The SMILES string of the molecule is O=[SH](=O)NC(c1ccccc1)c1ccc(Oc2ncccc2-c2ccnc(NC34CNCC3C4)n2)c(F)c1F. The highest BCUT2D eigenvalue weighted by atomic mass is 32.2. The predicted molar refractivity (Wildman–Crippen MR) is 141 cm³/mol. The van der Waals surface area contributed by atoms with Gasteiger partial charge >= 0.3 is 0 Å². The van der Waals surface area contributed by atoms with E-state index in [1.165, 1.54) is 18.3 Å². The molecular formula is C27H24F2N6O3S. The van der Waals surface area contributed by atoms with E-state index in [1.807, 2.05) is 0 Å². The van der Waals surface area contributed by atoms with Crippen molar-refractivity contribution in [2.45, 2.75) is 18.0 Å². The molecule has 0 spiro atoms. The molecule has 39 heavy (non-hydrogen) atoms. The van der Waals surface area contributed by atoms with E-state index >= 15 is 8.78 Å². The topological polar surface area (TPSA) is 118 Å². The van der Waals surface area contributed by atoms with Crippen molar-refractivity contribution >= 4 is 16.8 Å². The molecule has 6 rings (SSSR count). The van der Waals surface area contributed by atoms with E-state index in [9.17, 15) is 8.42 Å². The van der Waals surface area contributed by atoms with Crippen LogP contribution < -0.4 is 20.1 Å². The van der Waals surface area contributed by atoms with E-state index in [4.69, 9.17) is 4.74 Å². The van der Waals surface area contributed by atoms with Gasteiger partial charge in [-0.25, -0.2) is 32.5 Å². The standard InChI is InChI=1S/C27H24F2N6O3S/c28-22-19(24(35-39(36)37)16-5-2-1-3-6-16)8-9-21(23(22)29)38-25-18(7-4-11-31-25)20-10-12-32-26(33-20)34-27-13-17(27)14-30-15-27/h1-12,17,24,30,39H,13-15H2,(H,32,33,34)(H,35,36,37). The van der Waals surface area contributed by atoms with Crippen LogP contribution in [-0.2, 0) is 10.9 Å². The molecule has 1 saturated heterocycles. The Kier molecular flexibility index (Phi) is 6.67. The van der Waals surface area contributed by atoms with Gasteiger partial charge in [-0.15, -0.1) is 0 Å². The number of thiol groups is 1. The summed E-state index contributed by atoms with van der Waals surface area (Å²) in [4.78, 5) is 13.2. The highest BCUT2D eigenvalue weighted by Gasteiger charge is 2.57. The number of halogens is 2. The van der Waals surface area contributed by atoms with Gasteiger partial charge < -0.3 is 15.4 Å². The Morgan fingerprint density at radius 2 is 1.85 bits per heavy atom. The Balaban J connectivity index is 1.29. The normalized spacial score (nSPS) is 20.4. The highest BCUT2D eigenvalue weighted by Crippen LogP contribution is 2.48. The van der Waals surface area contributed by atoms with Gasteiger partial charge in [0.25, 0.3) is 0 Å². The molecule has 3 atom stereocenters. The largest absolute Gasteiger partial charge is 0.435 e. The zero-order valence-corrected chi connectivity index (χ0v) is 21.4. The van der Waals surface area contributed by atoms with Gasteiger partial charge in [-0.05, 0) is 42.2 Å². The van der Waals surface area contributed by atoms with Crippen molar-refractivity contribution in [3.8, 4) is 22.9 Å². The maximum atomic E-state index is 15.3. The average Bonchev–Trinajstić information content (AvgIpc) is 3.48. The maximum Gasteiger partial charge on any atom is 0.228 e. The lowest BCUT2D eigenvalue weighted by Gasteiger charge is -2.18. The molecule has 2 aliphatic rings. The summed E-state index contributed by atoms with van der Waals surface area (Å²) < 4.78 is 61.5. The summed E-state index contributed by atoms with van der Waals surface area (Å²) >= 11 is 0. The number of pyridine rings is 1. The lowest BCUT2D eigenvalue weighted by Crippen LogP contribution is -2.30. The van der Waals surface area contributed by atoms with Crippen LogP contribution in [0.15, 0.2) is 73.1 Å². The number of fused-ring (bicyclic) bond motifs is 1. The first kappa shape index (κ1) is 25.3. The fourth-order valence-corrected chi connectivity index (χ4v) is 5.52. The fraction of sp³-hybridized carbons (Fsp3) is 0.222. The summed E-state index contributed by atoms with van der Waals surface area (Å²) in [6.07, 6.45) is 4.14. The number of piperidine rings is 1. The summed E-state index contributed by atoms with van der Waals surface area (Å²) in [5.41, 5.74) is 1.21. The van der Waals surface area contributed by atoms with Crippen molar-refractivity contribution in [3.05, 3.63) is 95.8 Å². The van der Waals surface area contributed by atoms with Crippen molar-refractivity contribution in [2.75, 3.05) is 18.4 Å². The van der Waals surface area contributed by atoms with Crippen LogP contribution >= 0.6 is 0 Å². The van der Waals surface area contributed by atoms with E-state index in [0.29, 0.717) is 28.7 Å². The van der Waals surface area contributed by atoms with Crippen LogP contribution in [0.5, 0.6) is 11.6 Å². The number of aromatic nitrogens is 3. The summed E-state index contributed by atoms with van der Waals surface area (Å²) in [7, 11) is -3.10. The van der Waals surface area contributed by atoms with E-state index in [1.54, 1.807) is 54.7 Å². The van der Waals surface area contributed by atoms with Gasteiger partial charge in [0, 0.05) is 31.0 Å². The number of ether oxygens (including phenoxy) is 1. The second kappa shape index (κ2) is 10.3. The molecule has 2 fully saturated rings. The molecule has 200 valence electrons. The van der Waals surface area contributed by atoms with Gasteiger partial charge in [-0.1, -0.05) is 36.4 Å². The first-order valence-electron chi connectivity index (χ1n) is 12.3. The molecule has 2 aromatic heterocycles. The molecule has 3 N–H and O–H groups in total. The number of rotatable bonds is 9. The fourth-order valence-electron chi connectivity index (χ4n) is 5.02. The molecule has 3 unspecified atom stereocenters. The van der Waals surface area contributed by atoms with E-state index in [2.05, 4.69) is 30.3 Å². The molecule has 9 nitrogen and oxygen atoms in total. The lowest BCUT2D eigenvalue weighted by molar-refractivity contribution is 0.402. The Hall–Kier alpha value is -4.00. The van der Waals surface area contributed by atoms with Gasteiger partial charge in [-0.2, -0.15) is 4.39 Å². The summed E-state index contributed by atoms with van der Waals surface area (Å²) in [6.45, 7) is 1.81. The monoisotopic (exact) mass is 550 g/mol. The molecule has 12 heteroatoms. The number of hydrogen-bond acceptors (Lipinski definition) is 8. The molecule has 0 radical (unpaired) electrons. The van der Waals surface area contributed by atoms with Crippen LogP contribution in [-0.4, -0.2) is 42.0 Å². The zero-order valence-electron chi connectivity index (χ0n) is 20.5. The van der Waals surface area contributed by atoms with E-state index in [0.717, 1.165) is 19.5 Å². The maximum absolute atomic E-state index is 15.3. The van der Waals surface area contributed by atoms with Gasteiger partial charge in [0.15, 0.2) is 11.6 Å². The van der Waals surface area contributed by atoms with Crippen molar-refractivity contribution in [1.29, 1.82) is 0 Å². The summed E-state index contributed by atoms with van der Waals surface area (Å²) in [5.74, 6) is -1.87. The summed E-state index contributed by atoms with van der Waals surface area (Å²) in [5, 5.41) is 6.78. The number of nitrogens with zero attached hydrogens (tertiary/aromatic N) is 3. The van der Waals surface area contributed by atoms with Crippen molar-refractivity contribution < 1.29 is 21.9 Å². The third-order valence-corrected chi connectivity index (χ3v) is 7.56. The average molecular weight is 551 g/mol. The molecule has 2 aromatic carbocycles. The Morgan fingerprint density at radius 3 is 2.59 bits per heavy atom. The van der Waals surface area contributed by atoms with Crippen molar-refractivity contribution in [1.82, 2.24) is 25.0 Å².